The van der Waals surface area contributed by atoms with Gasteiger partial charge in [0.25, 0.3) is 0 Å². The van der Waals surface area contributed by atoms with Crippen LogP contribution in [0.4, 0.5) is 0 Å². The van der Waals surface area contributed by atoms with Gasteiger partial charge in [-0.05, 0) is 6.07 Å². The molecule has 1 aromatic rings. The molecule has 0 spiro atoms. The second-order valence-electron chi connectivity index (χ2n) is 2.36. The zero-order valence-corrected chi connectivity index (χ0v) is 8.34. The summed E-state index contributed by atoms with van der Waals surface area (Å²) in [6.07, 6.45) is 2.48. The zero-order valence-electron chi connectivity index (χ0n) is 7.45. The van der Waals surface area contributed by atoms with Crippen LogP contribution in [-0.4, -0.2) is 17.8 Å². The molecule has 0 bridgehead atoms. The molecule has 2 nitrogen and oxygen atoms in total. The molecule has 1 aromatic heterocycles. The maximum Gasteiger partial charge on any atom is 0.214 e. The summed E-state index contributed by atoms with van der Waals surface area (Å²) < 4.78 is 4.97. The number of rotatable bonds is 2. The summed E-state index contributed by atoms with van der Waals surface area (Å²) in [7, 11) is 1.59. The first-order valence-corrected chi connectivity index (χ1v) is 4.60. The van der Waals surface area contributed by atoms with Crippen molar-refractivity contribution in [3.63, 3.8) is 0 Å². The van der Waals surface area contributed by atoms with Gasteiger partial charge >= 0.3 is 0 Å². The summed E-state index contributed by atoms with van der Waals surface area (Å²) in [4.78, 5) is 3.98. The number of hydrogen-bond acceptors (Lipinski definition) is 3. The Morgan fingerprint density at radius 2 is 2.46 bits per heavy atom. The zero-order chi connectivity index (χ0) is 9.52. The van der Waals surface area contributed by atoms with Gasteiger partial charge in [-0.1, -0.05) is 11.8 Å². The summed E-state index contributed by atoms with van der Waals surface area (Å²) in [6, 6.07) is 3.67. The summed E-state index contributed by atoms with van der Waals surface area (Å²) >= 11 is 4.07. The quantitative estimate of drug-likeness (QED) is 0.571. The Labute approximate surface area is 83.7 Å². The van der Waals surface area contributed by atoms with Gasteiger partial charge in [-0.15, -0.1) is 0 Å². The van der Waals surface area contributed by atoms with Crippen LogP contribution in [-0.2, 0) is 0 Å². The highest BCUT2D eigenvalue weighted by Crippen LogP contribution is 2.06. The van der Waals surface area contributed by atoms with E-state index >= 15 is 0 Å². The molecule has 0 aromatic carbocycles. The minimum absolute atomic E-state index is 0.595. The lowest BCUT2D eigenvalue weighted by Crippen LogP contribution is -1.87. The van der Waals surface area contributed by atoms with E-state index in [2.05, 4.69) is 29.5 Å². The first kappa shape index (κ1) is 9.94. The van der Waals surface area contributed by atoms with E-state index in [1.165, 1.54) is 0 Å². The lowest BCUT2D eigenvalue weighted by atomic mass is 10.2. The van der Waals surface area contributed by atoms with Gasteiger partial charge in [0.05, 0.1) is 7.11 Å². The summed E-state index contributed by atoms with van der Waals surface area (Å²) in [5.74, 6) is 7.38. The average molecular weight is 193 g/mol. The molecule has 0 amide bonds. The molecule has 0 aliphatic rings. The molecule has 0 saturated heterocycles. The van der Waals surface area contributed by atoms with E-state index in [-0.39, 0.29) is 0 Å². The molecular weight excluding hydrogens is 182 g/mol. The molecule has 0 aliphatic heterocycles. The van der Waals surface area contributed by atoms with Crippen LogP contribution >= 0.6 is 12.6 Å². The van der Waals surface area contributed by atoms with Crippen LogP contribution in [0.15, 0.2) is 18.3 Å². The molecule has 13 heavy (non-hydrogen) atoms. The van der Waals surface area contributed by atoms with Gasteiger partial charge in [0.2, 0.25) is 5.88 Å². The molecule has 0 unspecified atom stereocenters. The smallest absolute Gasteiger partial charge is 0.214 e. The van der Waals surface area contributed by atoms with Gasteiger partial charge in [-0.2, -0.15) is 12.6 Å². The first-order chi connectivity index (χ1) is 6.36. The van der Waals surface area contributed by atoms with Crippen molar-refractivity contribution >= 4 is 12.6 Å². The monoisotopic (exact) mass is 193 g/mol. The number of aromatic nitrogens is 1. The second kappa shape index (κ2) is 5.50. The molecule has 3 heteroatoms. The second-order valence-corrected chi connectivity index (χ2v) is 2.81. The Bertz CT molecular complexity index is 327. The Morgan fingerprint density at radius 3 is 3.15 bits per heavy atom. The topological polar surface area (TPSA) is 22.1 Å². The fourth-order valence-corrected chi connectivity index (χ4v) is 0.931. The van der Waals surface area contributed by atoms with Gasteiger partial charge in [-0.3, -0.25) is 0 Å². The molecule has 68 valence electrons. The molecule has 0 atom stereocenters. The fourth-order valence-electron chi connectivity index (χ4n) is 0.819. The van der Waals surface area contributed by atoms with Gasteiger partial charge < -0.3 is 4.74 Å². The third-order valence-electron chi connectivity index (χ3n) is 1.41. The highest BCUT2D eigenvalue weighted by molar-refractivity contribution is 7.80. The molecule has 0 N–H and O–H groups in total. The summed E-state index contributed by atoms with van der Waals surface area (Å²) in [6.45, 7) is 0. The largest absolute Gasteiger partial charge is 0.481 e. The molecule has 0 fully saturated rings. The number of ether oxygens (including phenoxy) is 1. The van der Waals surface area contributed by atoms with Crippen LogP contribution in [0.3, 0.4) is 0 Å². The number of nitrogens with zero attached hydrogens (tertiary/aromatic N) is 1. The van der Waals surface area contributed by atoms with E-state index < -0.39 is 0 Å². The Morgan fingerprint density at radius 1 is 1.62 bits per heavy atom. The predicted molar refractivity (Wildman–Crippen MR) is 56.1 cm³/mol. The SMILES string of the molecule is COc1cc(C#CCCS)ccn1. The van der Waals surface area contributed by atoms with Gasteiger partial charge in [0, 0.05) is 30.0 Å². The van der Waals surface area contributed by atoms with Crippen molar-refractivity contribution in [3.05, 3.63) is 23.9 Å². The molecule has 1 rings (SSSR count). The number of methoxy groups -OCH3 is 1. The maximum absolute atomic E-state index is 4.97. The normalized spacial score (nSPS) is 8.77. The van der Waals surface area contributed by atoms with Crippen LogP contribution in [0.1, 0.15) is 12.0 Å². The van der Waals surface area contributed by atoms with Crippen molar-refractivity contribution in [1.82, 2.24) is 4.98 Å². The summed E-state index contributed by atoms with van der Waals surface area (Å²) in [5, 5.41) is 0. The summed E-state index contributed by atoms with van der Waals surface area (Å²) in [5.41, 5.74) is 0.925. The molecular formula is C10H11NOS. The fraction of sp³-hybridized carbons (Fsp3) is 0.300. The first-order valence-electron chi connectivity index (χ1n) is 3.96. The van der Waals surface area contributed by atoms with E-state index in [4.69, 9.17) is 4.74 Å². The van der Waals surface area contributed by atoms with Crippen LogP contribution in [0, 0.1) is 11.8 Å². The van der Waals surface area contributed by atoms with E-state index in [1.54, 1.807) is 13.3 Å². The van der Waals surface area contributed by atoms with Crippen LogP contribution in [0.25, 0.3) is 0 Å². The van der Waals surface area contributed by atoms with Gasteiger partial charge in [0.1, 0.15) is 0 Å². The average Bonchev–Trinajstić information content (AvgIpc) is 2.19. The Kier molecular flexibility index (Phi) is 4.20. The van der Waals surface area contributed by atoms with Crippen molar-refractivity contribution < 1.29 is 4.74 Å². The van der Waals surface area contributed by atoms with Gasteiger partial charge in [-0.25, -0.2) is 4.98 Å². The highest BCUT2D eigenvalue weighted by Gasteiger charge is 1.91. The van der Waals surface area contributed by atoms with Crippen LogP contribution in [0.2, 0.25) is 0 Å². The lowest BCUT2D eigenvalue weighted by molar-refractivity contribution is 0.398. The molecule has 0 saturated carbocycles. The van der Waals surface area contributed by atoms with E-state index in [0.717, 1.165) is 17.7 Å². The van der Waals surface area contributed by atoms with Crippen molar-refractivity contribution in [3.8, 4) is 17.7 Å². The van der Waals surface area contributed by atoms with Crippen molar-refractivity contribution in [2.75, 3.05) is 12.9 Å². The van der Waals surface area contributed by atoms with Crippen LogP contribution < -0.4 is 4.74 Å². The van der Waals surface area contributed by atoms with E-state index in [9.17, 15) is 0 Å². The van der Waals surface area contributed by atoms with E-state index in [1.807, 2.05) is 12.1 Å². The Hall–Kier alpha value is -1.14. The maximum atomic E-state index is 4.97. The van der Waals surface area contributed by atoms with E-state index in [0.29, 0.717) is 5.88 Å². The third-order valence-corrected chi connectivity index (χ3v) is 1.64. The number of thiol groups is 1. The molecule has 1 heterocycles. The van der Waals surface area contributed by atoms with Crippen molar-refractivity contribution in [2.45, 2.75) is 6.42 Å². The molecule has 0 aliphatic carbocycles. The molecule has 0 radical (unpaired) electrons. The number of hydrogen-bond donors (Lipinski definition) is 1. The minimum Gasteiger partial charge on any atom is -0.481 e. The van der Waals surface area contributed by atoms with Crippen LogP contribution in [0.5, 0.6) is 5.88 Å². The van der Waals surface area contributed by atoms with Crippen molar-refractivity contribution in [2.24, 2.45) is 0 Å². The predicted octanol–water partition coefficient (Wildman–Crippen LogP) is 1.76. The van der Waals surface area contributed by atoms with Gasteiger partial charge in [0.15, 0.2) is 0 Å². The third kappa shape index (κ3) is 3.39. The van der Waals surface area contributed by atoms with Crippen molar-refractivity contribution in [1.29, 1.82) is 0 Å². The standard InChI is InChI=1S/C10H11NOS/c1-12-10-8-9(5-6-11-10)4-2-3-7-13/h5-6,8,13H,3,7H2,1H3. The highest BCUT2D eigenvalue weighted by atomic mass is 32.1. The number of pyridine rings is 1. The Balaban J connectivity index is 2.73. The minimum atomic E-state index is 0.595. The lowest BCUT2D eigenvalue weighted by Gasteiger charge is -1.96.